The first kappa shape index (κ1) is 25.4. The second kappa shape index (κ2) is 12.3. The molecule has 0 aliphatic rings. The van der Waals surface area contributed by atoms with Crippen molar-refractivity contribution in [2.75, 3.05) is 7.11 Å². The zero-order chi connectivity index (χ0) is 23.8. The highest BCUT2D eigenvalue weighted by Gasteiger charge is 2.15. The summed E-state index contributed by atoms with van der Waals surface area (Å²) >= 11 is 17.1. The van der Waals surface area contributed by atoms with Crippen molar-refractivity contribution in [2.24, 2.45) is 5.10 Å². The molecule has 0 heterocycles. The molecule has 0 aromatic heterocycles. The standard InChI is InChI=1S/C24H21BrCl2N2O3S/c1-15(33-19-6-4-3-5-7-19)24(30)29-28-13-16-10-20(25)23(22(11-16)31-2)32-14-17-8-9-18(26)12-21(17)27/h3-13,15H,14H2,1-2H3,(H,29,30)/b28-13-/t15-/m1/s1. The van der Waals surface area contributed by atoms with Gasteiger partial charge in [-0.05, 0) is 64.8 Å². The number of halogens is 3. The smallest absolute Gasteiger partial charge is 0.253 e. The average molecular weight is 568 g/mol. The maximum Gasteiger partial charge on any atom is 0.253 e. The predicted octanol–water partition coefficient (Wildman–Crippen LogP) is 6.97. The molecule has 0 unspecified atom stereocenters. The molecule has 0 fully saturated rings. The molecule has 0 bridgehead atoms. The van der Waals surface area contributed by atoms with Gasteiger partial charge in [-0.15, -0.1) is 11.8 Å². The lowest BCUT2D eigenvalue weighted by Crippen LogP contribution is -2.26. The number of carbonyl (C=O) groups excluding carboxylic acids is 1. The van der Waals surface area contributed by atoms with Crippen molar-refractivity contribution in [3.63, 3.8) is 0 Å². The van der Waals surface area contributed by atoms with Gasteiger partial charge in [-0.3, -0.25) is 4.79 Å². The molecule has 5 nitrogen and oxygen atoms in total. The Labute approximate surface area is 215 Å². The molecule has 0 saturated heterocycles. The number of carbonyl (C=O) groups is 1. The van der Waals surface area contributed by atoms with Gasteiger partial charge in [0.15, 0.2) is 11.5 Å². The maximum absolute atomic E-state index is 12.3. The van der Waals surface area contributed by atoms with Crippen molar-refractivity contribution in [1.29, 1.82) is 0 Å². The largest absolute Gasteiger partial charge is 0.493 e. The summed E-state index contributed by atoms with van der Waals surface area (Å²) < 4.78 is 12.1. The van der Waals surface area contributed by atoms with E-state index in [0.717, 1.165) is 16.0 Å². The van der Waals surface area contributed by atoms with E-state index in [1.54, 1.807) is 31.5 Å². The summed E-state index contributed by atoms with van der Waals surface area (Å²) in [5.41, 5.74) is 4.10. The van der Waals surface area contributed by atoms with E-state index in [9.17, 15) is 4.79 Å². The Kier molecular flexibility index (Phi) is 9.50. The van der Waals surface area contributed by atoms with E-state index in [4.69, 9.17) is 32.7 Å². The number of hydrogen-bond acceptors (Lipinski definition) is 5. The molecule has 0 saturated carbocycles. The molecule has 0 radical (unpaired) electrons. The Hall–Kier alpha value is -2.19. The normalized spacial score (nSPS) is 11.9. The lowest BCUT2D eigenvalue weighted by atomic mass is 10.2. The number of thioether (sulfide) groups is 1. The molecular weight excluding hydrogens is 547 g/mol. The highest BCUT2D eigenvalue weighted by atomic mass is 79.9. The number of methoxy groups -OCH3 is 1. The molecule has 0 aliphatic carbocycles. The molecular formula is C24H21BrCl2N2O3S. The summed E-state index contributed by atoms with van der Waals surface area (Å²) in [6.45, 7) is 2.08. The molecule has 3 aromatic carbocycles. The quantitative estimate of drug-likeness (QED) is 0.172. The van der Waals surface area contributed by atoms with Crippen LogP contribution in [0.3, 0.4) is 0 Å². The summed E-state index contributed by atoms with van der Waals surface area (Å²) in [4.78, 5) is 13.4. The molecule has 172 valence electrons. The molecule has 9 heteroatoms. The third-order valence-corrected chi connectivity index (χ3v) is 6.74. The fraction of sp³-hybridized carbons (Fsp3) is 0.167. The molecule has 0 spiro atoms. The first-order valence-electron chi connectivity index (χ1n) is 9.86. The van der Waals surface area contributed by atoms with Crippen LogP contribution in [0, 0.1) is 0 Å². The number of nitrogens with one attached hydrogen (secondary N) is 1. The van der Waals surface area contributed by atoms with E-state index in [2.05, 4.69) is 26.5 Å². The van der Waals surface area contributed by atoms with Crippen LogP contribution in [0.5, 0.6) is 11.5 Å². The summed E-state index contributed by atoms with van der Waals surface area (Å²) in [6, 6.07) is 18.6. The van der Waals surface area contributed by atoms with Gasteiger partial charge >= 0.3 is 0 Å². The van der Waals surface area contributed by atoms with Gasteiger partial charge in [0.1, 0.15) is 6.61 Å². The van der Waals surface area contributed by atoms with Gasteiger partial charge in [0.25, 0.3) is 5.91 Å². The van der Waals surface area contributed by atoms with Crippen LogP contribution in [-0.4, -0.2) is 24.5 Å². The van der Waals surface area contributed by atoms with Crippen molar-refractivity contribution in [3.8, 4) is 11.5 Å². The topological polar surface area (TPSA) is 59.9 Å². The molecule has 0 aliphatic heterocycles. The van der Waals surface area contributed by atoms with Gasteiger partial charge < -0.3 is 9.47 Å². The van der Waals surface area contributed by atoms with Crippen molar-refractivity contribution >= 4 is 63.0 Å². The number of rotatable bonds is 9. The second-order valence-corrected chi connectivity index (χ2v) is 9.98. The van der Waals surface area contributed by atoms with E-state index in [-0.39, 0.29) is 17.8 Å². The van der Waals surface area contributed by atoms with E-state index < -0.39 is 0 Å². The molecule has 1 atom stereocenters. The van der Waals surface area contributed by atoms with E-state index in [0.29, 0.717) is 26.0 Å². The number of ether oxygens (including phenoxy) is 2. The molecule has 3 rings (SSSR count). The fourth-order valence-electron chi connectivity index (χ4n) is 2.76. The van der Waals surface area contributed by atoms with Crippen LogP contribution in [0.25, 0.3) is 0 Å². The van der Waals surface area contributed by atoms with Crippen LogP contribution in [0.1, 0.15) is 18.1 Å². The fourth-order valence-corrected chi connectivity index (χ4v) is 4.68. The highest BCUT2D eigenvalue weighted by Crippen LogP contribution is 2.37. The lowest BCUT2D eigenvalue weighted by Gasteiger charge is -2.14. The minimum absolute atomic E-state index is 0.189. The summed E-state index contributed by atoms with van der Waals surface area (Å²) in [7, 11) is 1.55. The minimum atomic E-state index is -0.290. The van der Waals surface area contributed by atoms with Crippen LogP contribution in [0.2, 0.25) is 10.0 Å². The van der Waals surface area contributed by atoms with Gasteiger partial charge in [-0.25, -0.2) is 5.43 Å². The molecule has 1 amide bonds. The van der Waals surface area contributed by atoms with Crippen LogP contribution < -0.4 is 14.9 Å². The monoisotopic (exact) mass is 566 g/mol. The number of amides is 1. The minimum Gasteiger partial charge on any atom is -0.493 e. The van der Waals surface area contributed by atoms with Gasteiger partial charge in [0.2, 0.25) is 0 Å². The molecule has 33 heavy (non-hydrogen) atoms. The zero-order valence-electron chi connectivity index (χ0n) is 17.8. The summed E-state index contributed by atoms with van der Waals surface area (Å²) in [6.07, 6.45) is 1.55. The molecule has 3 aromatic rings. The maximum atomic E-state index is 12.3. The number of hydrazone groups is 1. The molecule has 1 N–H and O–H groups in total. The number of benzene rings is 3. The number of nitrogens with zero attached hydrogens (tertiary/aromatic N) is 1. The third kappa shape index (κ3) is 7.40. The Morgan fingerprint density at radius 3 is 2.64 bits per heavy atom. The third-order valence-electron chi connectivity index (χ3n) is 4.45. The van der Waals surface area contributed by atoms with Crippen LogP contribution in [0.15, 0.2) is 75.1 Å². The van der Waals surface area contributed by atoms with Crippen LogP contribution >= 0.6 is 50.9 Å². The summed E-state index contributed by atoms with van der Waals surface area (Å²) in [5.74, 6) is 0.846. The summed E-state index contributed by atoms with van der Waals surface area (Å²) in [5, 5.41) is 4.87. The Balaban J connectivity index is 1.63. The second-order valence-electron chi connectivity index (χ2n) is 6.87. The van der Waals surface area contributed by atoms with Crippen molar-refractivity contribution in [2.45, 2.75) is 23.7 Å². The lowest BCUT2D eigenvalue weighted by molar-refractivity contribution is -0.120. The Morgan fingerprint density at radius 2 is 1.94 bits per heavy atom. The van der Waals surface area contributed by atoms with Gasteiger partial charge in [0, 0.05) is 20.5 Å². The Bertz CT molecular complexity index is 1150. The van der Waals surface area contributed by atoms with Crippen molar-refractivity contribution in [3.05, 3.63) is 86.3 Å². The van der Waals surface area contributed by atoms with Crippen molar-refractivity contribution in [1.82, 2.24) is 5.43 Å². The van der Waals surface area contributed by atoms with E-state index >= 15 is 0 Å². The van der Waals surface area contributed by atoms with Crippen LogP contribution in [-0.2, 0) is 11.4 Å². The van der Waals surface area contributed by atoms with Gasteiger partial charge in [-0.2, -0.15) is 5.10 Å². The van der Waals surface area contributed by atoms with E-state index in [1.165, 1.54) is 11.8 Å². The highest BCUT2D eigenvalue weighted by molar-refractivity contribution is 9.10. The number of hydrogen-bond donors (Lipinski definition) is 1. The Morgan fingerprint density at radius 1 is 1.18 bits per heavy atom. The first-order chi connectivity index (χ1) is 15.9. The predicted molar refractivity (Wildman–Crippen MR) is 139 cm³/mol. The SMILES string of the molecule is COc1cc(/C=N\NC(=O)[C@@H](C)Sc2ccccc2)cc(Br)c1OCc1ccc(Cl)cc1Cl. The average Bonchev–Trinajstić information content (AvgIpc) is 2.79. The van der Waals surface area contributed by atoms with Gasteiger partial charge in [-0.1, -0.05) is 47.5 Å². The first-order valence-corrected chi connectivity index (χ1v) is 12.3. The van der Waals surface area contributed by atoms with Gasteiger partial charge in [0.05, 0.1) is 23.0 Å². The van der Waals surface area contributed by atoms with E-state index in [1.807, 2.05) is 49.4 Å². The van der Waals surface area contributed by atoms with Crippen LogP contribution in [0.4, 0.5) is 0 Å². The zero-order valence-corrected chi connectivity index (χ0v) is 21.8. The van der Waals surface area contributed by atoms with Crippen molar-refractivity contribution < 1.29 is 14.3 Å².